The molecule has 0 aliphatic carbocycles. The van der Waals surface area contributed by atoms with E-state index in [0.717, 1.165) is 10.1 Å². The van der Waals surface area contributed by atoms with Gasteiger partial charge in [0.1, 0.15) is 11.2 Å². The third-order valence-corrected chi connectivity index (χ3v) is 6.88. The van der Waals surface area contributed by atoms with Gasteiger partial charge in [0.2, 0.25) is 15.9 Å². The molecule has 0 radical (unpaired) electrons. The van der Waals surface area contributed by atoms with Gasteiger partial charge in [0.25, 0.3) is 5.56 Å². The Morgan fingerprint density at radius 3 is 2.36 bits per heavy atom. The number of thiophene rings is 1. The molecule has 170 valence electrons. The predicted octanol–water partition coefficient (Wildman–Crippen LogP) is 1.22. The second kappa shape index (κ2) is 9.14. The van der Waals surface area contributed by atoms with Crippen molar-refractivity contribution in [1.29, 1.82) is 0 Å². The molecule has 33 heavy (non-hydrogen) atoms. The maximum atomic E-state index is 13.1. The van der Waals surface area contributed by atoms with Gasteiger partial charge in [-0.1, -0.05) is 30.3 Å². The Bertz CT molecular complexity index is 1540. The number of carbonyl (C=O) groups is 1. The summed E-state index contributed by atoms with van der Waals surface area (Å²) in [5, 5.41) is 9.55. The summed E-state index contributed by atoms with van der Waals surface area (Å²) in [6.07, 6.45) is 0.461. The van der Waals surface area contributed by atoms with Crippen LogP contribution in [0.15, 0.2) is 80.5 Å². The summed E-state index contributed by atoms with van der Waals surface area (Å²) in [6, 6.07) is 16.3. The van der Waals surface area contributed by atoms with Gasteiger partial charge < -0.3 is 5.32 Å². The van der Waals surface area contributed by atoms with Crippen LogP contribution in [-0.4, -0.2) is 30.0 Å². The average Bonchev–Trinajstić information content (AvgIpc) is 3.27. The molecule has 0 bridgehead atoms. The van der Waals surface area contributed by atoms with E-state index in [9.17, 15) is 22.8 Å². The molecule has 0 saturated heterocycles. The van der Waals surface area contributed by atoms with Crippen molar-refractivity contribution in [3.8, 4) is 5.69 Å². The fraction of sp³-hybridized carbons (Fsp3) is 0.136. The van der Waals surface area contributed by atoms with Crippen molar-refractivity contribution in [1.82, 2.24) is 14.5 Å². The van der Waals surface area contributed by atoms with Gasteiger partial charge in [0, 0.05) is 6.54 Å². The molecular weight excluding hydrogens is 464 g/mol. The van der Waals surface area contributed by atoms with E-state index in [-0.39, 0.29) is 23.9 Å². The van der Waals surface area contributed by atoms with E-state index in [4.69, 9.17) is 5.14 Å². The number of benzene rings is 2. The number of hydrogen-bond donors (Lipinski definition) is 2. The molecule has 0 unspecified atom stereocenters. The molecule has 1 amide bonds. The monoisotopic (exact) mass is 484 g/mol. The number of rotatable bonds is 7. The highest BCUT2D eigenvalue weighted by Crippen LogP contribution is 2.16. The number of carbonyl (C=O) groups excluding carboxylic acids is 1. The van der Waals surface area contributed by atoms with Gasteiger partial charge in [0.15, 0.2) is 0 Å². The Labute approximate surface area is 192 Å². The predicted molar refractivity (Wildman–Crippen MR) is 126 cm³/mol. The van der Waals surface area contributed by atoms with Crippen LogP contribution in [0.25, 0.3) is 15.9 Å². The quantitative estimate of drug-likeness (QED) is 0.407. The van der Waals surface area contributed by atoms with Crippen LogP contribution in [0.5, 0.6) is 0 Å². The fourth-order valence-corrected chi connectivity index (χ4v) is 4.78. The van der Waals surface area contributed by atoms with Crippen LogP contribution in [0, 0.1) is 0 Å². The second-order valence-corrected chi connectivity index (χ2v) is 9.75. The zero-order chi connectivity index (χ0) is 23.6. The van der Waals surface area contributed by atoms with Crippen molar-refractivity contribution >= 4 is 37.5 Å². The molecule has 3 N–H and O–H groups in total. The van der Waals surface area contributed by atoms with Gasteiger partial charge >= 0.3 is 5.69 Å². The van der Waals surface area contributed by atoms with E-state index in [1.807, 2.05) is 0 Å². The molecule has 0 fully saturated rings. The lowest BCUT2D eigenvalue weighted by Gasteiger charge is -2.12. The average molecular weight is 485 g/mol. The Balaban J connectivity index is 1.52. The van der Waals surface area contributed by atoms with Crippen LogP contribution in [0.2, 0.25) is 0 Å². The number of primary sulfonamides is 1. The van der Waals surface area contributed by atoms with Crippen LogP contribution < -0.4 is 21.7 Å². The maximum Gasteiger partial charge on any atom is 0.336 e. The number of fused-ring (bicyclic) bond motifs is 1. The van der Waals surface area contributed by atoms with Crippen molar-refractivity contribution < 1.29 is 13.2 Å². The molecule has 11 heteroatoms. The SMILES string of the molecule is NS(=O)(=O)c1ccc(CCNC(=O)Cn2c(=O)n(-c3ccccc3)c(=O)c3sccc32)cc1. The molecule has 2 heterocycles. The molecule has 4 rings (SSSR count). The number of sulfonamides is 1. The van der Waals surface area contributed by atoms with E-state index < -0.39 is 21.3 Å². The van der Waals surface area contributed by atoms with E-state index in [2.05, 4.69) is 5.32 Å². The van der Waals surface area contributed by atoms with Crippen LogP contribution in [-0.2, 0) is 27.8 Å². The molecule has 2 aromatic carbocycles. The summed E-state index contributed by atoms with van der Waals surface area (Å²) < 4.78 is 25.4. The zero-order valence-electron chi connectivity index (χ0n) is 17.3. The number of nitrogens with one attached hydrogen (secondary N) is 1. The van der Waals surface area contributed by atoms with Gasteiger partial charge in [-0.2, -0.15) is 0 Å². The van der Waals surface area contributed by atoms with Gasteiger partial charge in [-0.3, -0.25) is 14.2 Å². The summed E-state index contributed by atoms with van der Waals surface area (Å²) in [5.41, 5.74) is 0.648. The highest BCUT2D eigenvalue weighted by atomic mass is 32.2. The maximum absolute atomic E-state index is 13.1. The van der Waals surface area contributed by atoms with Gasteiger partial charge in [0.05, 0.1) is 16.1 Å². The Kier molecular flexibility index (Phi) is 6.27. The Hall–Kier alpha value is -3.54. The van der Waals surface area contributed by atoms with Crippen molar-refractivity contribution in [2.75, 3.05) is 6.54 Å². The number of nitrogens with zero attached hydrogens (tertiary/aromatic N) is 2. The standard InChI is InChI=1S/C22H20N4O5S2/c23-33(30,31)17-8-6-15(7-9-17)10-12-24-19(27)14-25-18-11-13-32-20(18)21(28)26(22(25)29)16-4-2-1-3-5-16/h1-9,11,13H,10,12,14H2,(H,24,27)(H2,23,30,31). The van der Waals surface area contributed by atoms with Crippen LogP contribution in [0.3, 0.4) is 0 Å². The molecule has 2 aromatic heterocycles. The number of aromatic nitrogens is 2. The van der Waals surface area contributed by atoms with E-state index in [0.29, 0.717) is 22.3 Å². The number of hydrogen-bond acceptors (Lipinski definition) is 6. The lowest BCUT2D eigenvalue weighted by molar-refractivity contribution is -0.121. The first-order valence-electron chi connectivity index (χ1n) is 9.92. The van der Waals surface area contributed by atoms with Crippen molar-refractivity contribution in [3.05, 3.63) is 92.4 Å². The summed E-state index contributed by atoms with van der Waals surface area (Å²) in [5.74, 6) is -0.385. The molecule has 4 aromatic rings. The molecule has 0 saturated carbocycles. The minimum Gasteiger partial charge on any atom is -0.354 e. The van der Waals surface area contributed by atoms with Crippen LogP contribution >= 0.6 is 11.3 Å². The zero-order valence-corrected chi connectivity index (χ0v) is 18.9. The summed E-state index contributed by atoms with van der Waals surface area (Å²) in [4.78, 5) is 38.6. The molecule has 0 spiro atoms. The van der Waals surface area contributed by atoms with Gasteiger partial charge in [-0.15, -0.1) is 11.3 Å². The van der Waals surface area contributed by atoms with Crippen molar-refractivity contribution in [2.24, 2.45) is 5.14 Å². The van der Waals surface area contributed by atoms with Crippen LogP contribution in [0.4, 0.5) is 0 Å². The minimum absolute atomic E-state index is 0.0166. The van der Waals surface area contributed by atoms with Gasteiger partial charge in [-0.25, -0.2) is 22.9 Å². The molecule has 0 aliphatic rings. The first kappa shape index (κ1) is 22.6. The number of amides is 1. The lowest BCUT2D eigenvalue weighted by Crippen LogP contribution is -2.41. The summed E-state index contributed by atoms with van der Waals surface area (Å²) >= 11 is 1.21. The first-order valence-corrected chi connectivity index (χ1v) is 12.4. The molecule has 9 nitrogen and oxygen atoms in total. The van der Waals surface area contributed by atoms with Gasteiger partial charge in [-0.05, 0) is 47.7 Å². The third kappa shape index (κ3) is 4.80. The largest absolute Gasteiger partial charge is 0.354 e. The second-order valence-electron chi connectivity index (χ2n) is 7.27. The summed E-state index contributed by atoms with van der Waals surface area (Å²) in [7, 11) is -3.76. The van der Waals surface area contributed by atoms with Crippen LogP contribution in [0.1, 0.15) is 5.56 Å². The fourth-order valence-electron chi connectivity index (χ4n) is 3.44. The highest BCUT2D eigenvalue weighted by molar-refractivity contribution is 7.89. The van der Waals surface area contributed by atoms with Crippen molar-refractivity contribution in [2.45, 2.75) is 17.9 Å². The van der Waals surface area contributed by atoms with E-state index >= 15 is 0 Å². The van der Waals surface area contributed by atoms with Crippen molar-refractivity contribution in [3.63, 3.8) is 0 Å². The normalized spacial score (nSPS) is 11.5. The number of para-hydroxylation sites is 1. The summed E-state index contributed by atoms with van der Waals surface area (Å²) in [6.45, 7) is 0.0386. The molecule has 0 aliphatic heterocycles. The number of nitrogens with two attached hydrogens (primary N) is 1. The Morgan fingerprint density at radius 1 is 1.00 bits per heavy atom. The topological polar surface area (TPSA) is 133 Å². The smallest absolute Gasteiger partial charge is 0.336 e. The highest BCUT2D eigenvalue weighted by Gasteiger charge is 2.17. The Morgan fingerprint density at radius 2 is 1.70 bits per heavy atom. The molecular formula is C22H20N4O5S2. The molecule has 0 atom stereocenters. The first-order chi connectivity index (χ1) is 15.8. The lowest BCUT2D eigenvalue weighted by atomic mass is 10.1. The van der Waals surface area contributed by atoms with E-state index in [1.54, 1.807) is 53.9 Å². The minimum atomic E-state index is -3.76. The van der Waals surface area contributed by atoms with E-state index in [1.165, 1.54) is 28.0 Å². The third-order valence-electron chi connectivity index (χ3n) is 5.06.